The number of hydrogen-bond acceptors (Lipinski definition) is 9. The summed E-state index contributed by atoms with van der Waals surface area (Å²) < 4.78 is 0. The van der Waals surface area contributed by atoms with Crippen LogP contribution in [0.5, 0.6) is 0 Å². The Kier molecular flexibility index (Phi) is 15.1. The van der Waals surface area contributed by atoms with Gasteiger partial charge >= 0.3 is 17.9 Å². The van der Waals surface area contributed by atoms with Crippen molar-refractivity contribution >= 4 is 23.8 Å². The fourth-order valence-corrected chi connectivity index (χ4v) is 3.86. The molecule has 6 N–H and O–H groups in total. The normalized spacial score (nSPS) is 18.8. The number of carbonyl (C=O) groups excluding carboxylic acids is 1. The lowest BCUT2D eigenvalue weighted by molar-refractivity contribution is -0.140. The summed E-state index contributed by atoms with van der Waals surface area (Å²) in [5, 5.41) is 30.7. The van der Waals surface area contributed by atoms with E-state index in [1.165, 1.54) is 0 Å². The maximum Gasteiger partial charge on any atom is 0.317 e. The van der Waals surface area contributed by atoms with Crippen LogP contribution in [0.15, 0.2) is 0 Å². The minimum absolute atomic E-state index is 0.125. The number of rotatable bonds is 13. The molecule has 0 aromatic rings. The molecule has 0 aliphatic carbocycles. The zero-order valence-corrected chi connectivity index (χ0v) is 20.7. The van der Waals surface area contributed by atoms with Crippen molar-refractivity contribution < 1.29 is 34.5 Å². The van der Waals surface area contributed by atoms with Gasteiger partial charge in [-0.2, -0.15) is 0 Å². The lowest BCUT2D eigenvalue weighted by atomic mass is 10.1. The Labute approximate surface area is 206 Å². The van der Waals surface area contributed by atoms with E-state index in [2.05, 4.69) is 5.32 Å². The number of nitrogens with zero attached hydrogens (tertiary/aromatic N) is 4. The summed E-state index contributed by atoms with van der Waals surface area (Å²) in [5.41, 5.74) is 5.74. The molecule has 35 heavy (non-hydrogen) atoms. The van der Waals surface area contributed by atoms with E-state index in [9.17, 15) is 34.5 Å². The number of nitrogens with two attached hydrogens (primary N) is 1. The van der Waals surface area contributed by atoms with Gasteiger partial charge in [0.05, 0.1) is 26.2 Å². The van der Waals surface area contributed by atoms with Crippen LogP contribution in [-0.2, 0) is 19.2 Å². The van der Waals surface area contributed by atoms with Crippen LogP contribution in [0.4, 0.5) is 0 Å². The van der Waals surface area contributed by atoms with Gasteiger partial charge in [0.25, 0.3) is 0 Å². The van der Waals surface area contributed by atoms with Crippen LogP contribution >= 0.6 is 0 Å². The zero-order chi connectivity index (χ0) is 26.2. The number of hydrogen-bond donors (Lipinski definition) is 5. The molecule has 0 aromatic heterocycles. The highest BCUT2D eigenvalue weighted by Gasteiger charge is 2.21. The molecule has 0 aromatic carbocycles. The van der Waals surface area contributed by atoms with Gasteiger partial charge in [-0.25, -0.2) is 0 Å². The molecule has 1 aliphatic heterocycles. The molecule has 1 heterocycles. The van der Waals surface area contributed by atoms with Crippen LogP contribution in [0.25, 0.3) is 0 Å². The standard InChI is InChI=1S/C22H42N6O7/c1-18(23)4-2-3-5-24-19(29)14-25-6-8-26(15-20(30)31)10-12-28(17-22(34)35)13-11-27(9-7-25)16-21(32)33/h18H,2-17,23H2,1H3,(H,24,29)(H,30,31)(H,32,33)(H,34,35). The van der Waals surface area contributed by atoms with Gasteiger partial charge in [-0.15, -0.1) is 0 Å². The van der Waals surface area contributed by atoms with E-state index < -0.39 is 17.9 Å². The van der Waals surface area contributed by atoms with Crippen LogP contribution in [0.3, 0.4) is 0 Å². The van der Waals surface area contributed by atoms with Crippen LogP contribution in [-0.4, -0.2) is 150 Å². The van der Waals surface area contributed by atoms with Gasteiger partial charge < -0.3 is 26.4 Å². The number of amides is 1. The lowest BCUT2D eigenvalue weighted by Gasteiger charge is -2.32. The Balaban J connectivity index is 2.80. The van der Waals surface area contributed by atoms with E-state index in [4.69, 9.17) is 5.73 Å². The van der Waals surface area contributed by atoms with Crippen molar-refractivity contribution in [1.29, 1.82) is 0 Å². The fourth-order valence-electron chi connectivity index (χ4n) is 3.86. The molecule has 1 fully saturated rings. The molecule has 13 nitrogen and oxygen atoms in total. The lowest BCUT2D eigenvalue weighted by Crippen LogP contribution is -2.49. The molecule has 1 atom stereocenters. The van der Waals surface area contributed by atoms with Crippen molar-refractivity contribution in [1.82, 2.24) is 24.9 Å². The quantitative estimate of drug-likeness (QED) is 0.177. The molecule has 1 aliphatic rings. The van der Waals surface area contributed by atoms with Crippen LogP contribution < -0.4 is 11.1 Å². The average molecular weight is 503 g/mol. The van der Waals surface area contributed by atoms with E-state index >= 15 is 0 Å². The highest BCUT2D eigenvalue weighted by atomic mass is 16.4. The highest BCUT2D eigenvalue weighted by molar-refractivity contribution is 5.78. The third kappa shape index (κ3) is 16.1. The molecule has 0 spiro atoms. The van der Waals surface area contributed by atoms with Crippen LogP contribution in [0.2, 0.25) is 0 Å². The average Bonchev–Trinajstić information content (AvgIpc) is 2.74. The summed E-state index contributed by atoms with van der Waals surface area (Å²) in [7, 11) is 0. The Morgan fingerprint density at radius 2 is 1.03 bits per heavy atom. The third-order valence-corrected chi connectivity index (χ3v) is 5.78. The Morgan fingerprint density at radius 3 is 1.34 bits per heavy atom. The van der Waals surface area contributed by atoms with Crippen molar-refractivity contribution in [3.8, 4) is 0 Å². The monoisotopic (exact) mass is 502 g/mol. The smallest absolute Gasteiger partial charge is 0.317 e. The topological polar surface area (TPSA) is 180 Å². The second-order valence-electron chi connectivity index (χ2n) is 9.11. The van der Waals surface area contributed by atoms with E-state index in [-0.39, 0.29) is 38.1 Å². The number of nitrogens with one attached hydrogen (secondary N) is 1. The Hall–Kier alpha value is -2.32. The van der Waals surface area contributed by atoms with Gasteiger partial charge in [0.15, 0.2) is 0 Å². The van der Waals surface area contributed by atoms with Crippen LogP contribution in [0.1, 0.15) is 26.2 Å². The van der Waals surface area contributed by atoms with Crippen molar-refractivity contribution in [2.75, 3.05) is 85.1 Å². The second-order valence-corrected chi connectivity index (χ2v) is 9.11. The summed E-state index contributed by atoms with van der Waals surface area (Å²) in [6.07, 6.45) is 2.65. The largest absolute Gasteiger partial charge is 0.480 e. The summed E-state index contributed by atoms with van der Waals surface area (Å²) in [4.78, 5) is 53.4. The molecule has 13 heteroatoms. The van der Waals surface area contributed by atoms with Gasteiger partial charge in [-0.05, 0) is 19.8 Å². The number of unbranched alkanes of at least 4 members (excludes halogenated alkanes) is 1. The first kappa shape index (κ1) is 30.7. The molecule has 202 valence electrons. The molecule has 1 amide bonds. The molecular weight excluding hydrogens is 460 g/mol. The molecule has 1 rings (SSSR count). The summed E-state index contributed by atoms with van der Waals surface area (Å²) >= 11 is 0. The van der Waals surface area contributed by atoms with Gasteiger partial charge in [0.1, 0.15) is 0 Å². The predicted molar refractivity (Wildman–Crippen MR) is 129 cm³/mol. The van der Waals surface area contributed by atoms with Gasteiger partial charge in [-0.3, -0.25) is 38.8 Å². The minimum Gasteiger partial charge on any atom is -0.480 e. The molecule has 0 bridgehead atoms. The maximum atomic E-state index is 12.5. The Bertz CT molecular complexity index is 647. The summed E-state index contributed by atoms with van der Waals surface area (Å²) in [6.45, 7) is 5.00. The van der Waals surface area contributed by atoms with Crippen molar-refractivity contribution in [2.24, 2.45) is 5.73 Å². The zero-order valence-electron chi connectivity index (χ0n) is 20.7. The van der Waals surface area contributed by atoms with Crippen molar-refractivity contribution in [3.63, 3.8) is 0 Å². The fraction of sp³-hybridized carbons (Fsp3) is 0.818. The summed E-state index contributed by atoms with van der Waals surface area (Å²) in [6, 6.07) is 0.131. The van der Waals surface area contributed by atoms with Gasteiger partial charge in [0, 0.05) is 64.9 Å². The van der Waals surface area contributed by atoms with Gasteiger partial charge in [0.2, 0.25) is 5.91 Å². The number of carbonyl (C=O) groups is 4. The van der Waals surface area contributed by atoms with Gasteiger partial charge in [-0.1, -0.05) is 6.42 Å². The number of carboxylic acids is 3. The van der Waals surface area contributed by atoms with Crippen LogP contribution in [0, 0.1) is 0 Å². The first-order valence-corrected chi connectivity index (χ1v) is 12.1. The van der Waals surface area contributed by atoms with E-state index in [0.717, 1.165) is 19.3 Å². The third-order valence-electron chi connectivity index (χ3n) is 5.78. The second kappa shape index (κ2) is 17.2. The molecule has 0 saturated carbocycles. The first-order chi connectivity index (χ1) is 16.5. The number of aliphatic carboxylic acids is 3. The maximum absolute atomic E-state index is 12.5. The Morgan fingerprint density at radius 1 is 0.686 bits per heavy atom. The first-order valence-electron chi connectivity index (χ1n) is 12.1. The minimum atomic E-state index is -0.999. The summed E-state index contributed by atoms with van der Waals surface area (Å²) in [5.74, 6) is -3.10. The van der Waals surface area contributed by atoms with E-state index in [0.29, 0.717) is 58.9 Å². The van der Waals surface area contributed by atoms with E-state index in [1.807, 2.05) is 11.8 Å². The predicted octanol–water partition coefficient (Wildman–Crippen LogP) is -1.90. The SMILES string of the molecule is CC(N)CCCCNC(=O)CN1CCN(CC(=O)O)CCN(CC(=O)O)CCN(CC(=O)O)CC1. The number of carboxylic acid groups (broad SMARTS) is 3. The van der Waals surface area contributed by atoms with Crippen molar-refractivity contribution in [3.05, 3.63) is 0 Å². The highest BCUT2D eigenvalue weighted by Crippen LogP contribution is 2.02. The van der Waals surface area contributed by atoms with E-state index in [1.54, 1.807) is 14.7 Å². The molecule has 0 radical (unpaired) electrons. The molecule has 1 unspecified atom stereocenters. The molecular formula is C22H42N6O7. The van der Waals surface area contributed by atoms with Crippen molar-refractivity contribution in [2.45, 2.75) is 32.2 Å². The molecule has 1 saturated heterocycles.